The Kier molecular flexibility index (Phi) is 6.30. The molecule has 1 aromatic carbocycles. The molecule has 1 N–H and O–H groups in total. The zero-order valence-electron chi connectivity index (χ0n) is 12.0. The summed E-state index contributed by atoms with van der Waals surface area (Å²) in [6.45, 7) is 2.95. The average molecular weight is 299 g/mol. The van der Waals surface area contributed by atoms with Gasteiger partial charge in [-0.3, -0.25) is 0 Å². The predicted molar refractivity (Wildman–Crippen MR) is 82.1 cm³/mol. The SMILES string of the molecule is CCCNC(CSC1CCCC1)c1ccc(F)cc1F. The van der Waals surface area contributed by atoms with Crippen LogP contribution in [0, 0.1) is 11.6 Å². The fourth-order valence-electron chi connectivity index (χ4n) is 2.65. The lowest BCUT2D eigenvalue weighted by Gasteiger charge is -2.21. The van der Waals surface area contributed by atoms with E-state index in [2.05, 4.69) is 12.2 Å². The minimum Gasteiger partial charge on any atom is -0.309 e. The Morgan fingerprint density at radius 2 is 2.05 bits per heavy atom. The molecule has 20 heavy (non-hydrogen) atoms. The largest absolute Gasteiger partial charge is 0.309 e. The summed E-state index contributed by atoms with van der Waals surface area (Å²) < 4.78 is 27.0. The Bertz CT molecular complexity index is 419. The first-order valence-corrected chi connectivity index (χ1v) is 8.55. The molecule has 0 saturated heterocycles. The van der Waals surface area contributed by atoms with Crippen molar-refractivity contribution in [2.75, 3.05) is 12.3 Å². The highest BCUT2D eigenvalue weighted by atomic mass is 32.2. The molecule has 1 atom stereocenters. The topological polar surface area (TPSA) is 12.0 Å². The van der Waals surface area contributed by atoms with Crippen LogP contribution in [0.15, 0.2) is 18.2 Å². The summed E-state index contributed by atoms with van der Waals surface area (Å²) >= 11 is 1.93. The van der Waals surface area contributed by atoms with Crippen molar-refractivity contribution in [1.82, 2.24) is 5.32 Å². The van der Waals surface area contributed by atoms with Gasteiger partial charge < -0.3 is 5.32 Å². The van der Waals surface area contributed by atoms with Gasteiger partial charge in [-0.25, -0.2) is 8.78 Å². The first-order chi connectivity index (χ1) is 9.70. The van der Waals surface area contributed by atoms with Crippen LogP contribution in [0.4, 0.5) is 8.78 Å². The monoisotopic (exact) mass is 299 g/mol. The van der Waals surface area contributed by atoms with Gasteiger partial charge in [-0.1, -0.05) is 25.8 Å². The maximum atomic E-state index is 13.9. The molecule has 1 unspecified atom stereocenters. The molecule has 1 fully saturated rings. The molecule has 0 aliphatic heterocycles. The van der Waals surface area contributed by atoms with E-state index < -0.39 is 11.6 Å². The average Bonchev–Trinajstić information content (AvgIpc) is 2.93. The predicted octanol–water partition coefficient (Wildman–Crippen LogP) is 4.68. The van der Waals surface area contributed by atoms with Crippen LogP contribution in [0.5, 0.6) is 0 Å². The molecule has 0 aromatic heterocycles. The summed E-state index contributed by atoms with van der Waals surface area (Å²) in [6, 6.07) is 3.88. The second kappa shape index (κ2) is 7.99. The molecule has 1 aliphatic rings. The molecule has 0 spiro atoms. The summed E-state index contributed by atoms with van der Waals surface area (Å²) in [5.41, 5.74) is 0.588. The molecule has 1 aliphatic carbocycles. The lowest BCUT2D eigenvalue weighted by Crippen LogP contribution is -2.25. The van der Waals surface area contributed by atoms with Gasteiger partial charge in [-0.05, 0) is 31.9 Å². The summed E-state index contributed by atoms with van der Waals surface area (Å²) in [4.78, 5) is 0. The Balaban J connectivity index is 2.01. The van der Waals surface area contributed by atoms with E-state index >= 15 is 0 Å². The van der Waals surface area contributed by atoms with Crippen LogP contribution in [0.1, 0.15) is 50.6 Å². The molecule has 112 valence electrons. The van der Waals surface area contributed by atoms with Gasteiger partial charge in [-0.2, -0.15) is 11.8 Å². The highest BCUT2D eigenvalue weighted by Gasteiger charge is 2.20. The van der Waals surface area contributed by atoms with Gasteiger partial charge in [0.05, 0.1) is 0 Å². The second-order valence-electron chi connectivity index (χ2n) is 5.41. The van der Waals surface area contributed by atoms with Crippen LogP contribution >= 0.6 is 11.8 Å². The third-order valence-electron chi connectivity index (χ3n) is 3.78. The Labute approximate surface area is 124 Å². The molecule has 1 saturated carbocycles. The van der Waals surface area contributed by atoms with Gasteiger partial charge in [0.25, 0.3) is 0 Å². The second-order valence-corrected chi connectivity index (χ2v) is 6.75. The zero-order valence-corrected chi connectivity index (χ0v) is 12.8. The maximum absolute atomic E-state index is 13.9. The van der Waals surface area contributed by atoms with Crippen molar-refractivity contribution in [1.29, 1.82) is 0 Å². The standard InChI is InChI=1S/C16H23F2NS/c1-2-9-19-16(11-20-13-5-3-4-6-13)14-8-7-12(17)10-15(14)18/h7-8,10,13,16,19H,2-6,9,11H2,1H3. The highest BCUT2D eigenvalue weighted by molar-refractivity contribution is 7.99. The van der Waals surface area contributed by atoms with Crippen LogP contribution in [0.2, 0.25) is 0 Å². The minimum atomic E-state index is -0.510. The molecule has 1 nitrogen and oxygen atoms in total. The lowest BCUT2D eigenvalue weighted by molar-refractivity contribution is 0.521. The van der Waals surface area contributed by atoms with Crippen LogP contribution < -0.4 is 5.32 Å². The van der Waals surface area contributed by atoms with Crippen molar-refractivity contribution in [2.24, 2.45) is 0 Å². The fourth-order valence-corrected chi connectivity index (χ4v) is 4.08. The van der Waals surface area contributed by atoms with Crippen molar-refractivity contribution in [3.8, 4) is 0 Å². The Morgan fingerprint density at radius 3 is 2.70 bits per heavy atom. The van der Waals surface area contributed by atoms with Crippen molar-refractivity contribution in [2.45, 2.75) is 50.3 Å². The van der Waals surface area contributed by atoms with Gasteiger partial charge in [0.1, 0.15) is 11.6 Å². The highest BCUT2D eigenvalue weighted by Crippen LogP contribution is 2.32. The van der Waals surface area contributed by atoms with Gasteiger partial charge >= 0.3 is 0 Å². The smallest absolute Gasteiger partial charge is 0.130 e. The maximum Gasteiger partial charge on any atom is 0.130 e. The van der Waals surface area contributed by atoms with E-state index in [0.717, 1.165) is 24.8 Å². The molecular formula is C16H23F2NS. The summed E-state index contributed by atoms with van der Waals surface area (Å²) in [7, 11) is 0. The van der Waals surface area contributed by atoms with Crippen molar-refractivity contribution in [3.05, 3.63) is 35.4 Å². The number of hydrogen-bond donors (Lipinski definition) is 1. The van der Waals surface area contributed by atoms with E-state index in [1.54, 1.807) is 6.07 Å². The molecular weight excluding hydrogens is 276 g/mol. The first kappa shape index (κ1) is 15.8. The zero-order chi connectivity index (χ0) is 14.4. The third-order valence-corrected chi connectivity index (χ3v) is 5.25. The molecule has 0 radical (unpaired) electrons. The van der Waals surface area contributed by atoms with Gasteiger partial charge in [0.2, 0.25) is 0 Å². The quantitative estimate of drug-likeness (QED) is 0.784. The molecule has 0 amide bonds. The first-order valence-electron chi connectivity index (χ1n) is 7.50. The fraction of sp³-hybridized carbons (Fsp3) is 0.625. The van der Waals surface area contributed by atoms with E-state index in [4.69, 9.17) is 0 Å². The summed E-state index contributed by atoms with van der Waals surface area (Å²) in [5.74, 6) is -0.0951. The summed E-state index contributed by atoms with van der Waals surface area (Å²) in [6.07, 6.45) is 6.19. The number of benzene rings is 1. The number of nitrogens with one attached hydrogen (secondary N) is 1. The molecule has 0 heterocycles. The molecule has 0 bridgehead atoms. The van der Waals surface area contributed by atoms with Gasteiger partial charge in [0, 0.05) is 28.7 Å². The van der Waals surface area contributed by atoms with Crippen LogP contribution in [0.25, 0.3) is 0 Å². The normalized spacial score (nSPS) is 17.6. The minimum absolute atomic E-state index is 0.0267. The molecule has 1 aromatic rings. The third kappa shape index (κ3) is 4.45. The van der Waals surface area contributed by atoms with E-state index in [1.165, 1.54) is 31.7 Å². The lowest BCUT2D eigenvalue weighted by atomic mass is 10.1. The number of hydrogen-bond acceptors (Lipinski definition) is 2. The Hall–Kier alpha value is -0.610. The van der Waals surface area contributed by atoms with Crippen LogP contribution in [-0.4, -0.2) is 17.5 Å². The molecule has 4 heteroatoms. The van der Waals surface area contributed by atoms with Crippen molar-refractivity contribution in [3.63, 3.8) is 0 Å². The van der Waals surface area contributed by atoms with Crippen LogP contribution in [0.3, 0.4) is 0 Å². The summed E-state index contributed by atoms with van der Waals surface area (Å²) in [5, 5.41) is 4.10. The van der Waals surface area contributed by atoms with E-state index in [1.807, 2.05) is 11.8 Å². The number of halogens is 2. The van der Waals surface area contributed by atoms with E-state index in [9.17, 15) is 8.78 Å². The molecule has 2 rings (SSSR count). The van der Waals surface area contributed by atoms with Gasteiger partial charge in [0.15, 0.2) is 0 Å². The van der Waals surface area contributed by atoms with Crippen molar-refractivity contribution >= 4 is 11.8 Å². The number of thioether (sulfide) groups is 1. The number of rotatable bonds is 7. The van der Waals surface area contributed by atoms with Crippen molar-refractivity contribution < 1.29 is 8.78 Å². The van der Waals surface area contributed by atoms with Crippen LogP contribution in [-0.2, 0) is 0 Å². The van der Waals surface area contributed by atoms with E-state index in [0.29, 0.717) is 10.8 Å². The van der Waals surface area contributed by atoms with Gasteiger partial charge in [-0.15, -0.1) is 0 Å². The Morgan fingerprint density at radius 1 is 1.30 bits per heavy atom. The van der Waals surface area contributed by atoms with E-state index in [-0.39, 0.29) is 6.04 Å².